The Morgan fingerprint density at radius 1 is 1.17 bits per heavy atom. The molecule has 1 saturated heterocycles. The Morgan fingerprint density at radius 3 is 2.60 bits per heavy atom. The van der Waals surface area contributed by atoms with Crippen LogP contribution in [0.5, 0.6) is 5.75 Å². The lowest BCUT2D eigenvalue weighted by Crippen LogP contribution is -2.37. The van der Waals surface area contributed by atoms with Crippen LogP contribution in [-0.2, 0) is 6.54 Å². The van der Waals surface area contributed by atoms with Gasteiger partial charge in [0.2, 0.25) is 0 Å². The fourth-order valence-electron chi connectivity index (χ4n) is 4.10. The molecule has 1 aromatic heterocycles. The molecule has 0 radical (unpaired) electrons. The number of nitrogens with zero attached hydrogens (tertiary/aromatic N) is 4. The van der Waals surface area contributed by atoms with Crippen LogP contribution in [-0.4, -0.2) is 58.9 Å². The number of hydrogen-bond acceptors (Lipinski definition) is 5. The fourth-order valence-corrected chi connectivity index (χ4v) is 4.10. The minimum atomic E-state index is -4.81. The first-order chi connectivity index (χ1) is 14.2. The van der Waals surface area contributed by atoms with Crippen molar-refractivity contribution in [2.45, 2.75) is 52.1 Å². The summed E-state index contributed by atoms with van der Waals surface area (Å²) in [5.74, 6) is 0.274. The number of likely N-dealkylation sites (N-methyl/N-ethyl adjacent to an activating group) is 1. The van der Waals surface area contributed by atoms with E-state index in [4.69, 9.17) is 4.98 Å². The van der Waals surface area contributed by atoms with Crippen molar-refractivity contribution in [1.82, 2.24) is 19.4 Å². The lowest BCUT2D eigenvalue weighted by atomic mass is 10.1. The molecule has 0 amide bonds. The Hall–Kier alpha value is -2.13. The Labute approximate surface area is 174 Å². The normalized spacial score (nSPS) is 17.8. The smallest absolute Gasteiger partial charge is 0.406 e. The molecule has 0 bridgehead atoms. The highest BCUT2D eigenvalue weighted by Gasteiger charge is 2.31. The average molecular weight is 426 g/mol. The van der Waals surface area contributed by atoms with Crippen LogP contribution in [0.15, 0.2) is 23.0 Å². The van der Waals surface area contributed by atoms with Crippen LogP contribution in [0.1, 0.15) is 45.0 Å². The van der Waals surface area contributed by atoms with Crippen molar-refractivity contribution in [3.63, 3.8) is 0 Å². The van der Waals surface area contributed by atoms with Crippen molar-refractivity contribution in [3.8, 4) is 5.75 Å². The van der Waals surface area contributed by atoms with E-state index >= 15 is 0 Å². The van der Waals surface area contributed by atoms with Gasteiger partial charge in [0.1, 0.15) is 11.6 Å². The SMILES string of the molecule is CCC[C@H](c1nc2ccc(OC(F)(F)F)cc2c(=O)n1CC)N1CCCN(C)CC1. The third-order valence-electron chi connectivity index (χ3n) is 5.56. The Kier molecular flexibility index (Phi) is 7.02. The van der Waals surface area contributed by atoms with Crippen LogP contribution in [0.2, 0.25) is 0 Å². The molecule has 1 fully saturated rings. The molecule has 1 atom stereocenters. The number of aromatic nitrogens is 2. The zero-order valence-corrected chi connectivity index (χ0v) is 17.7. The molecule has 0 N–H and O–H groups in total. The van der Waals surface area contributed by atoms with Crippen molar-refractivity contribution in [1.29, 1.82) is 0 Å². The first-order valence-electron chi connectivity index (χ1n) is 10.5. The van der Waals surface area contributed by atoms with E-state index in [0.29, 0.717) is 17.9 Å². The van der Waals surface area contributed by atoms with Gasteiger partial charge in [-0.25, -0.2) is 4.98 Å². The van der Waals surface area contributed by atoms with Gasteiger partial charge in [-0.3, -0.25) is 14.3 Å². The van der Waals surface area contributed by atoms with Crippen molar-refractivity contribution >= 4 is 10.9 Å². The molecule has 9 heteroatoms. The molecule has 3 rings (SSSR count). The molecule has 1 aliphatic rings. The van der Waals surface area contributed by atoms with E-state index in [2.05, 4.69) is 28.5 Å². The summed E-state index contributed by atoms with van der Waals surface area (Å²) < 4.78 is 43.3. The summed E-state index contributed by atoms with van der Waals surface area (Å²) in [6.45, 7) is 8.14. The largest absolute Gasteiger partial charge is 0.573 e. The molecule has 0 spiro atoms. The van der Waals surface area contributed by atoms with Gasteiger partial charge in [-0.2, -0.15) is 0 Å². The minimum absolute atomic E-state index is 0.00958. The van der Waals surface area contributed by atoms with Gasteiger partial charge in [0.25, 0.3) is 5.56 Å². The summed E-state index contributed by atoms with van der Waals surface area (Å²) in [6.07, 6.45) is -1.97. The zero-order valence-electron chi connectivity index (χ0n) is 17.7. The van der Waals surface area contributed by atoms with Gasteiger partial charge < -0.3 is 9.64 Å². The number of fused-ring (bicyclic) bond motifs is 1. The van der Waals surface area contributed by atoms with Gasteiger partial charge in [0.05, 0.1) is 16.9 Å². The maximum Gasteiger partial charge on any atom is 0.573 e. The first kappa shape index (κ1) is 22.6. The summed E-state index contributed by atoms with van der Waals surface area (Å²) >= 11 is 0. The van der Waals surface area contributed by atoms with E-state index in [1.807, 2.05) is 6.92 Å². The predicted octanol–water partition coefficient (Wildman–Crippen LogP) is 3.79. The molecular formula is C21H29F3N4O2. The van der Waals surface area contributed by atoms with Gasteiger partial charge >= 0.3 is 6.36 Å². The van der Waals surface area contributed by atoms with Crippen LogP contribution in [0.4, 0.5) is 13.2 Å². The van der Waals surface area contributed by atoms with Crippen molar-refractivity contribution < 1.29 is 17.9 Å². The van der Waals surface area contributed by atoms with Gasteiger partial charge in [-0.05, 0) is 51.6 Å². The second kappa shape index (κ2) is 9.34. The van der Waals surface area contributed by atoms with Gasteiger partial charge in [0.15, 0.2) is 0 Å². The van der Waals surface area contributed by atoms with E-state index in [9.17, 15) is 18.0 Å². The molecule has 0 aliphatic carbocycles. The van der Waals surface area contributed by atoms with Crippen molar-refractivity contribution in [2.24, 2.45) is 0 Å². The van der Waals surface area contributed by atoms with E-state index in [1.54, 1.807) is 4.57 Å². The monoisotopic (exact) mass is 426 g/mol. The molecule has 2 heterocycles. The molecule has 1 aromatic carbocycles. The molecule has 1 aliphatic heterocycles. The van der Waals surface area contributed by atoms with Gasteiger partial charge in [-0.15, -0.1) is 13.2 Å². The molecular weight excluding hydrogens is 397 g/mol. The van der Waals surface area contributed by atoms with Gasteiger partial charge in [-0.1, -0.05) is 13.3 Å². The Bertz CT molecular complexity index is 929. The van der Waals surface area contributed by atoms with Crippen molar-refractivity contribution in [2.75, 3.05) is 33.2 Å². The highest BCUT2D eigenvalue weighted by molar-refractivity contribution is 5.79. The summed E-state index contributed by atoms with van der Waals surface area (Å²) in [5, 5.41) is 0.133. The van der Waals surface area contributed by atoms with Crippen LogP contribution in [0.25, 0.3) is 10.9 Å². The zero-order chi connectivity index (χ0) is 21.9. The van der Waals surface area contributed by atoms with Crippen LogP contribution in [0, 0.1) is 0 Å². The standard InChI is InChI=1S/C21H29F3N4O2/c1-4-7-18(27-11-6-10-26(3)12-13-27)19-25-17-9-8-15(30-21(22,23)24)14-16(17)20(29)28(19)5-2/h8-9,14,18H,4-7,10-13H2,1-3H3/t18-/m1/s1. The van der Waals surface area contributed by atoms with Crippen LogP contribution < -0.4 is 10.3 Å². The third kappa shape index (κ3) is 5.13. The number of hydrogen-bond donors (Lipinski definition) is 0. The summed E-state index contributed by atoms with van der Waals surface area (Å²) in [7, 11) is 2.11. The molecule has 0 saturated carbocycles. The maximum atomic E-state index is 13.2. The van der Waals surface area contributed by atoms with Gasteiger partial charge in [0, 0.05) is 26.2 Å². The number of alkyl halides is 3. The summed E-state index contributed by atoms with van der Waals surface area (Å²) in [4.78, 5) is 22.6. The second-order valence-electron chi connectivity index (χ2n) is 7.74. The van der Waals surface area contributed by atoms with E-state index in [0.717, 1.165) is 51.5 Å². The quantitative estimate of drug-likeness (QED) is 0.704. The molecule has 2 aromatic rings. The van der Waals surface area contributed by atoms with E-state index < -0.39 is 12.1 Å². The highest BCUT2D eigenvalue weighted by Crippen LogP contribution is 2.28. The maximum absolute atomic E-state index is 13.2. The summed E-state index contributed by atoms with van der Waals surface area (Å²) in [5.41, 5.74) is 0.0560. The number of ether oxygens (including phenoxy) is 1. The highest BCUT2D eigenvalue weighted by atomic mass is 19.4. The molecule has 30 heavy (non-hydrogen) atoms. The van der Waals surface area contributed by atoms with Crippen LogP contribution in [0.3, 0.4) is 0 Å². The Balaban J connectivity index is 2.06. The minimum Gasteiger partial charge on any atom is -0.406 e. The Morgan fingerprint density at radius 2 is 1.93 bits per heavy atom. The topological polar surface area (TPSA) is 50.6 Å². The lowest BCUT2D eigenvalue weighted by Gasteiger charge is -2.31. The lowest BCUT2D eigenvalue weighted by molar-refractivity contribution is -0.274. The van der Waals surface area contributed by atoms with E-state index in [1.165, 1.54) is 12.1 Å². The number of halogens is 3. The van der Waals surface area contributed by atoms with Crippen LogP contribution >= 0.6 is 0 Å². The average Bonchev–Trinajstić information content (AvgIpc) is 2.90. The summed E-state index contributed by atoms with van der Waals surface area (Å²) in [6, 6.07) is 3.76. The second-order valence-corrected chi connectivity index (χ2v) is 7.74. The van der Waals surface area contributed by atoms with Crippen molar-refractivity contribution in [3.05, 3.63) is 34.4 Å². The predicted molar refractivity (Wildman–Crippen MR) is 110 cm³/mol. The fraction of sp³-hybridized carbons (Fsp3) is 0.619. The molecule has 0 unspecified atom stereocenters. The molecule has 6 nitrogen and oxygen atoms in total. The first-order valence-corrected chi connectivity index (χ1v) is 10.5. The number of rotatable bonds is 6. The molecule has 166 valence electrons. The van der Waals surface area contributed by atoms with E-state index in [-0.39, 0.29) is 17.0 Å². The third-order valence-corrected chi connectivity index (χ3v) is 5.56. The number of benzene rings is 1.